The third-order valence-electron chi connectivity index (χ3n) is 3.93. The quantitative estimate of drug-likeness (QED) is 0.770. The van der Waals surface area contributed by atoms with Crippen molar-refractivity contribution in [1.29, 1.82) is 0 Å². The Labute approximate surface area is 142 Å². The zero-order valence-electron chi connectivity index (χ0n) is 13.5. The van der Waals surface area contributed by atoms with Crippen LogP contribution in [0.3, 0.4) is 0 Å². The molecule has 0 aromatic heterocycles. The van der Waals surface area contributed by atoms with E-state index in [0.29, 0.717) is 41.2 Å². The minimum atomic E-state index is -0.187. The molecule has 2 rings (SSSR count). The maximum Gasteiger partial charge on any atom is 0.252 e. The van der Waals surface area contributed by atoms with Crippen LogP contribution >= 0.6 is 11.6 Å². The molecule has 1 aromatic carbocycles. The Morgan fingerprint density at radius 1 is 1.04 bits per heavy atom. The van der Waals surface area contributed by atoms with Crippen LogP contribution in [-0.4, -0.2) is 18.4 Å². The van der Waals surface area contributed by atoms with Gasteiger partial charge in [0.1, 0.15) is 0 Å². The zero-order chi connectivity index (χ0) is 16.7. The van der Waals surface area contributed by atoms with Crippen molar-refractivity contribution in [3.8, 4) is 0 Å². The first-order chi connectivity index (χ1) is 11.1. The average Bonchev–Trinajstić information content (AvgIpc) is 2.57. The van der Waals surface area contributed by atoms with Gasteiger partial charge in [0.05, 0.1) is 0 Å². The van der Waals surface area contributed by atoms with E-state index in [-0.39, 0.29) is 11.8 Å². The van der Waals surface area contributed by atoms with Crippen LogP contribution in [0.5, 0.6) is 0 Å². The number of amides is 2. The number of anilines is 1. The van der Waals surface area contributed by atoms with Crippen LogP contribution in [0.1, 0.15) is 45.4 Å². The molecule has 1 aliphatic carbocycles. The molecule has 124 valence electrons. The van der Waals surface area contributed by atoms with Gasteiger partial charge in [-0.25, -0.2) is 0 Å². The predicted molar refractivity (Wildman–Crippen MR) is 93.5 cm³/mol. The lowest BCUT2D eigenvalue weighted by Gasteiger charge is -2.19. The van der Waals surface area contributed by atoms with E-state index in [2.05, 4.69) is 17.6 Å². The molecule has 4 nitrogen and oxygen atoms in total. The molecule has 0 bridgehead atoms. The smallest absolute Gasteiger partial charge is 0.252 e. The number of halogens is 1. The molecule has 0 spiro atoms. The van der Waals surface area contributed by atoms with Gasteiger partial charge in [0.2, 0.25) is 5.91 Å². The van der Waals surface area contributed by atoms with Crippen LogP contribution in [0.15, 0.2) is 35.4 Å². The molecular formula is C18H23ClN2O2. The summed E-state index contributed by atoms with van der Waals surface area (Å²) >= 11 is 5.85. The zero-order valence-corrected chi connectivity index (χ0v) is 14.2. The van der Waals surface area contributed by atoms with Gasteiger partial charge >= 0.3 is 0 Å². The third-order valence-corrected chi connectivity index (χ3v) is 4.19. The molecule has 0 fully saturated rings. The third kappa shape index (κ3) is 5.10. The van der Waals surface area contributed by atoms with Gasteiger partial charge in [-0.15, -0.1) is 0 Å². The van der Waals surface area contributed by atoms with Crippen LogP contribution in [0.4, 0.5) is 5.69 Å². The van der Waals surface area contributed by atoms with E-state index < -0.39 is 0 Å². The first kappa shape index (κ1) is 17.5. The number of carbonyl (C=O) groups excluding carboxylic acids is 2. The maximum absolute atomic E-state index is 12.5. The lowest BCUT2D eigenvalue weighted by molar-refractivity contribution is -0.119. The van der Waals surface area contributed by atoms with Crippen molar-refractivity contribution in [1.82, 2.24) is 5.32 Å². The Morgan fingerprint density at radius 2 is 1.65 bits per heavy atom. The van der Waals surface area contributed by atoms with E-state index in [1.54, 1.807) is 24.3 Å². The second-order valence-corrected chi connectivity index (χ2v) is 6.17. The minimum absolute atomic E-state index is 0.0978. The maximum atomic E-state index is 12.5. The van der Waals surface area contributed by atoms with Crippen molar-refractivity contribution in [3.63, 3.8) is 0 Å². The molecule has 0 radical (unpaired) electrons. The molecule has 0 saturated heterocycles. The Bertz CT molecular complexity index is 594. The Kier molecular flexibility index (Phi) is 6.66. The van der Waals surface area contributed by atoms with Crippen molar-refractivity contribution in [2.24, 2.45) is 0 Å². The van der Waals surface area contributed by atoms with E-state index in [4.69, 9.17) is 11.6 Å². The molecule has 5 heteroatoms. The van der Waals surface area contributed by atoms with E-state index in [1.165, 1.54) is 0 Å². The highest BCUT2D eigenvalue weighted by Crippen LogP contribution is 2.26. The first-order valence-electron chi connectivity index (χ1n) is 8.19. The highest BCUT2D eigenvalue weighted by atomic mass is 35.5. The summed E-state index contributed by atoms with van der Waals surface area (Å²) in [6.07, 6.45) is 5.19. The molecule has 2 N–H and O–H groups in total. The summed E-state index contributed by atoms with van der Waals surface area (Å²) in [6.45, 7) is 2.74. The molecule has 1 aromatic rings. The number of nitrogens with one attached hydrogen (secondary N) is 2. The molecule has 0 heterocycles. The summed E-state index contributed by atoms with van der Waals surface area (Å²) < 4.78 is 0. The van der Waals surface area contributed by atoms with Gasteiger partial charge in [-0.05, 0) is 56.4 Å². The number of benzene rings is 1. The summed E-state index contributed by atoms with van der Waals surface area (Å²) in [7, 11) is 0. The average molecular weight is 335 g/mol. The van der Waals surface area contributed by atoms with Crippen LogP contribution in [0.2, 0.25) is 5.02 Å². The van der Waals surface area contributed by atoms with E-state index in [9.17, 15) is 9.59 Å². The van der Waals surface area contributed by atoms with Crippen molar-refractivity contribution in [3.05, 3.63) is 40.4 Å². The summed E-state index contributed by atoms with van der Waals surface area (Å²) in [6, 6.07) is 6.96. The number of unbranched alkanes of at least 4 members (excludes halogenated alkanes) is 1. The van der Waals surface area contributed by atoms with Gasteiger partial charge < -0.3 is 10.6 Å². The van der Waals surface area contributed by atoms with E-state index in [0.717, 1.165) is 25.7 Å². The summed E-state index contributed by atoms with van der Waals surface area (Å²) in [5.74, 6) is -0.285. The van der Waals surface area contributed by atoms with Crippen LogP contribution in [0, 0.1) is 0 Å². The van der Waals surface area contributed by atoms with Crippen molar-refractivity contribution in [2.45, 2.75) is 45.4 Å². The highest BCUT2D eigenvalue weighted by molar-refractivity contribution is 6.30. The fraction of sp³-hybridized carbons (Fsp3) is 0.444. The molecule has 0 aliphatic heterocycles. The van der Waals surface area contributed by atoms with Gasteiger partial charge in [-0.3, -0.25) is 9.59 Å². The molecule has 0 unspecified atom stereocenters. The van der Waals surface area contributed by atoms with Crippen molar-refractivity contribution >= 4 is 29.1 Å². The molecule has 0 atom stereocenters. The lowest BCUT2D eigenvalue weighted by Crippen LogP contribution is -2.30. The van der Waals surface area contributed by atoms with Crippen LogP contribution in [-0.2, 0) is 9.59 Å². The predicted octanol–water partition coefficient (Wildman–Crippen LogP) is 4.07. The highest BCUT2D eigenvalue weighted by Gasteiger charge is 2.23. The lowest BCUT2D eigenvalue weighted by atomic mass is 9.90. The van der Waals surface area contributed by atoms with Crippen LogP contribution in [0.25, 0.3) is 0 Å². The molecular weight excluding hydrogens is 312 g/mol. The second kappa shape index (κ2) is 8.73. The van der Waals surface area contributed by atoms with Crippen LogP contribution < -0.4 is 10.6 Å². The van der Waals surface area contributed by atoms with E-state index in [1.807, 2.05) is 0 Å². The van der Waals surface area contributed by atoms with Gasteiger partial charge in [0.25, 0.3) is 5.91 Å². The Hall–Kier alpha value is -1.81. The summed E-state index contributed by atoms with van der Waals surface area (Å²) in [4.78, 5) is 24.8. The standard InChI is InChI=1S/C18H23ClN2O2/c1-2-3-12-20-17(22)15-6-4-5-7-16(15)18(23)21-14-10-8-13(19)9-11-14/h8-11H,2-7,12H2,1H3,(H,20,22)(H,21,23). The Morgan fingerprint density at radius 3 is 2.26 bits per heavy atom. The fourth-order valence-corrected chi connectivity index (χ4v) is 2.76. The monoisotopic (exact) mass is 334 g/mol. The van der Waals surface area contributed by atoms with Gasteiger partial charge in [0.15, 0.2) is 0 Å². The summed E-state index contributed by atoms with van der Waals surface area (Å²) in [5, 5.41) is 6.39. The molecule has 23 heavy (non-hydrogen) atoms. The summed E-state index contributed by atoms with van der Waals surface area (Å²) in [5.41, 5.74) is 1.93. The SMILES string of the molecule is CCCCNC(=O)C1=C(C(=O)Nc2ccc(Cl)cc2)CCCC1. The number of hydrogen-bond acceptors (Lipinski definition) is 2. The molecule has 0 saturated carbocycles. The van der Waals surface area contributed by atoms with Gasteiger partial charge in [-0.1, -0.05) is 24.9 Å². The van der Waals surface area contributed by atoms with E-state index >= 15 is 0 Å². The fourth-order valence-electron chi connectivity index (χ4n) is 2.63. The molecule has 2 amide bonds. The number of rotatable bonds is 6. The number of carbonyl (C=O) groups is 2. The van der Waals surface area contributed by atoms with Crippen molar-refractivity contribution in [2.75, 3.05) is 11.9 Å². The minimum Gasteiger partial charge on any atom is -0.352 e. The number of hydrogen-bond donors (Lipinski definition) is 2. The van der Waals surface area contributed by atoms with Crippen molar-refractivity contribution < 1.29 is 9.59 Å². The van der Waals surface area contributed by atoms with Gasteiger partial charge in [0, 0.05) is 28.4 Å². The first-order valence-corrected chi connectivity index (χ1v) is 8.56. The largest absolute Gasteiger partial charge is 0.352 e. The normalized spacial score (nSPS) is 14.5. The topological polar surface area (TPSA) is 58.2 Å². The second-order valence-electron chi connectivity index (χ2n) is 5.73. The Balaban J connectivity index is 2.09. The van der Waals surface area contributed by atoms with Gasteiger partial charge in [-0.2, -0.15) is 0 Å². The molecule has 1 aliphatic rings.